The highest BCUT2D eigenvalue weighted by atomic mass is 16.5. The second-order valence-corrected chi connectivity index (χ2v) is 6.96. The molecule has 0 saturated carbocycles. The molecule has 6 nitrogen and oxygen atoms in total. The highest BCUT2D eigenvalue weighted by Crippen LogP contribution is 2.22. The molecule has 0 aliphatic carbocycles. The van der Waals surface area contributed by atoms with E-state index in [0.717, 1.165) is 70.9 Å². The van der Waals surface area contributed by atoms with E-state index in [2.05, 4.69) is 9.80 Å². The molecule has 2 heterocycles. The summed E-state index contributed by atoms with van der Waals surface area (Å²) in [6, 6.07) is 7.29. The second-order valence-electron chi connectivity index (χ2n) is 6.96. The zero-order valence-electron chi connectivity index (χ0n) is 15.1. The maximum absolute atomic E-state index is 12.9. The molecule has 1 N–H and O–H groups in total. The minimum atomic E-state index is 0.130. The van der Waals surface area contributed by atoms with Crippen molar-refractivity contribution in [3.63, 3.8) is 0 Å². The Balaban J connectivity index is 1.50. The van der Waals surface area contributed by atoms with Crippen LogP contribution in [0.3, 0.4) is 0 Å². The summed E-state index contributed by atoms with van der Waals surface area (Å²) in [4.78, 5) is 19.5. The van der Waals surface area contributed by atoms with E-state index in [4.69, 9.17) is 4.74 Å². The number of methoxy groups -OCH3 is 1. The summed E-state index contributed by atoms with van der Waals surface area (Å²) in [7, 11) is 1.72. The fourth-order valence-corrected chi connectivity index (χ4v) is 3.79. The third-order valence-corrected chi connectivity index (χ3v) is 5.27. The molecule has 25 heavy (non-hydrogen) atoms. The smallest absolute Gasteiger partial charge is 0.227 e. The molecule has 0 spiro atoms. The van der Waals surface area contributed by atoms with Gasteiger partial charge in [0.15, 0.2) is 0 Å². The molecule has 3 rings (SSSR count). The number of piperidine rings is 1. The Morgan fingerprint density at radius 1 is 1.16 bits per heavy atom. The van der Waals surface area contributed by atoms with Crippen LogP contribution in [0.4, 0.5) is 5.69 Å². The van der Waals surface area contributed by atoms with E-state index in [9.17, 15) is 9.90 Å². The third kappa shape index (κ3) is 4.64. The maximum Gasteiger partial charge on any atom is 0.227 e. The second kappa shape index (κ2) is 8.54. The SMILES string of the molecule is COCCN1CCC[C@@H](C(=O)N2CCN(c3ccc(O)cc3)CC2)C1. The molecule has 138 valence electrons. The van der Waals surface area contributed by atoms with Crippen molar-refractivity contribution >= 4 is 11.6 Å². The number of aromatic hydroxyl groups is 1. The van der Waals surface area contributed by atoms with Crippen molar-refractivity contribution in [2.45, 2.75) is 12.8 Å². The molecule has 0 radical (unpaired) electrons. The monoisotopic (exact) mass is 347 g/mol. The first-order valence-electron chi connectivity index (χ1n) is 9.21. The number of amides is 1. The Kier molecular flexibility index (Phi) is 6.15. The van der Waals surface area contributed by atoms with Crippen molar-refractivity contribution in [3.8, 4) is 5.75 Å². The molecule has 1 atom stereocenters. The van der Waals surface area contributed by atoms with Crippen molar-refractivity contribution in [1.29, 1.82) is 0 Å². The zero-order valence-corrected chi connectivity index (χ0v) is 15.1. The van der Waals surface area contributed by atoms with Crippen molar-refractivity contribution in [3.05, 3.63) is 24.3 Å². The minimum Gasteiger partial charge on any atom is -0.508 e. The normalized spacial score (nSPS) is 22.2. The average molecular weight is 347 g/mol. The predicted octanol–water partition coefficient (Wildman–Crippen LogP) is 1.40. The summed E-state index contributed by atoms with van der Waals surface area (Å²) in [5.41, 5.74) is 1.10. The van der Waals surface area contributed by atoms with Crippen LogP contribution >= 0.6 is 0 Å². The summed E-state index contributed by atoms with van der Waals surface area (Å²) in [6.45, 7) is 6.80. The zero-order chi connectivity index (χ0) is 17.6. The molecule has 1 aromatic rings. The molecule has 2 saturated heterocycles. The van der Waals surface area contributed by atoms with Crippen molar-refractivity contribution in [2.24, 2.45) is 5.92 Å². The highest BCUT2D eigenvalue weighted by molar-refractivity contribution is 5.79. The van der Waals surface area contributed by atoms with Gasteiger partial charge in [0.1, 0.15) is 5.75 Å². The van der Waals surface area contributed by atoms with Gasteiger partial charge in [-0.3, -0.25) is 4.79 Å². The van der Waals surface area contributed by atoms with Crippen LogP contribution < -0.4 is 4.90 Å². The average Bonchev–Trinajstić information content (AvgIpc) is 2.67. The number of ether oxygens (including phenoxy) is 1. The molecule has 0 bridgehead atoms. The fraction of sp³-hybridized carbons (Fsp3) is 0.632. The van der Waals surface area contributed by atoms with Crippen LogP contribution in [0.2, 0.25) is 0 Å². The van der Waals surface area contributed by atoms with Crippen LogP contribution in [0, 0.1) is 5.92 Å². The van der Waals surface area contributed by atoms with Gasteiger partial charge >= 0.3 is 0 Å². The number of hydrogen-bond acceptors (Lipinski definition) is 5. The largest absolute Gasteiger partial charge is 0.508 e. The molecule has 0 aromatic heterocycles. The molecule has 0 unspecified atom stereocenters. The van der Waals surface area contributed by atoms with E-state index in [-0.39, 0.29) is 11.7 Å². The molecule has 2 aliphatic rings. The first-order chi connectivity index (χ1) is 12.2. The van der Waals surface area contributed by atoms with Crippen LogP contribution in [0.25, 0.3) is 0 Å². The number of likely N-dealkylation sites (tertiary alicyclic amines) is 1. The fourth-order valence-electron chi connectivity index (χ4n) is 3.79. The third-order valence-electron chi connectivity index (χ3n) is 5.27. The van der Waals surface area contributed by atoms with Gasteiger partial charge in [-0.05, 0) is 43.7 Å². The lowest BCUT2D eigenvalue weighted by molar-refractivity contribution is -0.137. The van der Waals surface area contributed by atoms with Crippen molar-refractivity contribution in [1.82, 2.24) is 9.80 Å². The number of phenolic OH excluding ortho intramolecular Hbond substituents is 1. The van der Waals surface area contributed by atoms with E-state index in [0.29, 0.717) is 5.91 Å². The first kappa shape index (κ1) is 18.0. The quantitative estimate of drug-likeness (QED) is 0.873. The van der Waals surface area contributed by atoms with Gasteiger partial charge in [-0.2, -0.15) is 0 Å². The Labute approximate surface area is 150 Å². The van der Waals surface area contributed by atoms with Crippen molar-refractivity contribution < 1.29 is 14.6 Å². The van der Waals surface area contributed by atoms with E-state index < -0.39 is 0 Å². The van der Waals surface area contributed by atoms with Gasteiger partial charge in [-0.25, -0.2) is 0 Å². The van der Waals surface area contributed by atoms with Crippen LogP contribution in [-0.2, 0) is 9.53 Å². The van der Waals surface area contributed by atoms with Gasteiger partial charge in [-0.15, -0.1) is 0 Å². The van der Waals surface area contributed by atoms with Gasteiger partial charge in [-0.1, -0.05) is 0 Å². The Bertz CT molecular complexity index is 556. The van der Waals surface area contributed by atoms with Gasteiger partial charge in [0.05, 0.1) is 12.5 Å². The molecule has 6 heteroatoms. The molecular formula is C19H29N3O3. The number of phenols is 1. The number of rotatable bonds is 5. The molecule has 2 fully saturated rings. The highest BCUT2D eigenvalue weighted by Gasteiger charge is 2.30. The van der Waals surface area contributed by atoms with Gasteiger partial charge in [0, 0.05) is 52.1 Å². The Hall–Kier alpha value is -1.79. The van der Waals surface area contributed by atoms with Gasteiger partial charge in [0.2, 0.25) is 5.91 Å². The summed E-state index contributed by atoms with van der Waals surface area (Å²) >= 11 is 0. The molecular weight excluding hydrogens is 318 g/mol. The van der Waals surface area contributed by atoms with Crippen LogP contribution in [0.5, 0.6) is 5.75 Å². The summed E-state index contributed by atoms with van der Waals surface area (Å²) in [5, 5.41) is 9.41. The number of benzene rings is 1. The predicted molar refractivity (Wildman–Crippen MR) is 97.9 cm³/mol. The maximum atomic E-state index is 12.9. The number of carbonyl (C=O) groups is 1. The van der Waals surface area contributed by atoms with Gasteiger partial charge < -0.3 is 24.5 Å². The van der Waals surface area contributed by atoms with Gasteiger partial charge in [0.25, 0.3) is 0 Å². The lowest BCUT2D eigenvalue weighted by atomic mass is 9.96. The Morgan fingerprint density at radius 3 is 2.56 bits per heavy atom. The number of piperazine rings is 1. The summed E-state index contributed by atoms with van der Waals surface area (Å²) < 4.78 is 5.16. The van der Waals surface area contributed by atoms with Crippen LogP contribution in [0.15, 0.2) is 24.3 Å². The van der Waals surface area contributed by atoms with Crippen LogP contribution in [-0.4, -0.2) is 80.3 Å². The standard InChI is InChI=1S/C19H29N3O3/c1-25-14-13-20-8-2-3-16(15-20)19(24)22-11-9-21(10-12-22)17-4-6-18(23)7-5-17/h4-7,16,23H,2-3,8-15H2,1H3/t16-/m1/s1. The number of nitrogens with zero attached hydrogens (tertiary/aromatic N) is 3. The Morgan fingerprint density at radius 2 is 1.88 bits per heavy atom. The number of hydrogen-bond donors (Lipinski definition) is 1. The summed E-state index contributed by atoms with van der Waals surface area (Å²) in [5.74, 6) is 0.728. The lowest BCUT2D eigenvalue weighted by Crippen LogP contribution is -2.52. The number of carbonyl (C=O) groups excluding carboxylic acids is 1. The van der Waals surface area contributed by atoms with E-state index in [1.165, 1.54) is 0 Å². The van der Waals surface area contributed by atoms with E-state index >= 15 is 0 Å². The lowest BCUT2D eigenvalue weighted by Gasteiger charge is -2.39. The molecule has 2 aliphatic heterocycles. The minimum absolute atomic E-state index is 0.130. The topological polar surface area (TPSA) is 56.2 Å². The van der Waals surface area contributed by atoms with Crippen LogP contribution in [0.1, 0.15) is 12.8 Å². The molecule has 1 aromatic carbocycles. The molecule has 1 amide bonds. The summed E-state index contributed by atoms with van der Waals surface area (Å²) in [6.07, 6.45) is 2.09. The van der Waals surface area contributed by atoms with E-state index in [1.54, 1.807) is 19.2 Å². The first-order valence-corrected chi connectivity index (χ1v) is 9.21. The van der Waals surface area contributed by atoms with E-state index in [1.807, 2.05) is 17.0 Å². The number of anilines is 1. The van der Waals surface area contributed by atoms with Crippen molar-refractivity contribution in [2.75, 3.05) is 64.4 Å².